The Morgan fingerprint density at radius 2 is 2.05 bits per heavy atom. The zero-order valence-corrected chi connectivity index (χ0v) is 14.8. The fourth-order valence-corrected chi connectivity index (χ4v) is 2.22. The topological polar surface area (TPSA) is 70.7 Å². The molecule has 1 fully saturated rings. The van der Waals surface area contributed by atoms with Crippen molar-refractivity contribution in [2.24, 2.45) is 10.7 Å². The van der Waals surface area contributed by atoms with Crippen molar-refractivity contribution < 1.29 is 4.79 Å². The number of aliphatic imine (C=N–C) groups is 1. The third kappa shape index (κ3) is 5.18. The van der Waals surface area contributed by atoms with Crippen molar-refractivity contribution in [1.29, 1.82) is 0 Å². The first kappa shape index (κ1) is 17.7. The Balaban J connectivity index is 0.00000220. The van der Waals surface area contributed by atoms with E-state index in [0.717, 1.165) is 24.2 Å². The first-order valence-electron chi connectivity index (χ1n) is 7.02. The van der Waals surface area contributed by atoms with Crippen LogP contribution in [-0.4, -0.2) is 24.5 Å². The van der Waals surface area contributed by atoms with Crippen molar-refractivity contribution in [1.82, 2.24) is 5.32 Å². The van der Waals surface area contributed by atoms with Crippen LogP contribution in [-0.2, 0) is 11.3 Å². The van der Waals surface area contributed by atoms with Crippen LogP contribution in [0.2, 0.25) is 0 Å². The van der Waals surface area contributed by atoms with E-state index in [9.17, 15) is 4.79 Å². The number of guanidine groups is 1. The number of benzene rings is 1. The summed E-state index contributed by atoms with van der Waals surface area (Å²) in [6.45, 7) is 5.40. The monoisotopic (exact) mass is 402 g/mol. The molecule has 116 valence electrons. The van der Waals surface area contributed by atoms with Crippen molar-refractivity contribution in [3.8, 4) is 0 Å². The first-order valence-corrected chi connectivity index (χ1v) is 7.02. The highest BCUT2D eigenvalue weighted by atomic mass is 127. The molecular weight excluding hydrogens is 379 g/mol. The van der Waals surface area contributed by atoms with E-state index >= 15 is 0 Å². The molecule has 0 spiro atoms. The smallest absolute Gasteiger partial charge is 0.227 e. The van der Waals surface area contributed by atoms with E-state index in [1.165, 1.54) is 0 Å². The predicted octanol–water partition coefficient (Wildman–Crippen LogP) is 2.24. The van der Waals surface area contributed by atoms with Gasteiger partial charge in [0, 0.05) is 24.7 Å². The van der Waals surface area contributed by atoms with Gasteiger partial charge in [0.25, 0.3) is 0 Å². The van der Waals surface area contributed by atoms with Gasteiger partial charge in [-0.1, -0.05) is 12.1 Å². The molecule has 1 amide bonds. The predicted molar refractivity (Wildman–Crippen MR) is 97.0 cm³/mol. The lowest BCUT2D eigenvalue weighted by atomic mass is 10.2. The van der Waals surface area contributed by atoms with Gasteiger partial charge in [-0.15, -0.1) is 24.0 Å². The fraction of sp³-hybridized carbons (Fsp3) is 0.467. The highest BCUT2D eigenvalue weighted by Crippen LogP contribution is 2.21. The van der Waals surface area contributed by atoms with Crippen LogP contribution in [0.5, 0.6) is 0 Å². The molecule has 0 saturated carbocycles. The van der Waals surface area contributed by atoms with E-state index in [1.807, 2.05) is 43.0 Å². The maximum absolute atomic E-state index is 11.7. The SMILES string of the molecule is CC(C)NC(N)=NCc1ccc(N2CCCC2=O)cc1.I. The van der Waals surface area contributed by atoms with Gasteiger partial charge in [0.05, 0.1) is 6.54 Å². The normalized spacial score (nSPS) is 15.3. The third-order valence-electron chi connectivity index (χ3n) is 3.19. The number of anilines is 1. The summed E-state index contributed by atoms with van der Waals surface area (Å²) in [6, 6.07) is 8.21. The molecule has 0 radical (unpaired) electrons. The summed E-state index contributed by atoms with van der Waals surface area (Å²) in [5.74, 6) is 0.667. The van der Waals surface area contributed by atoms with Crippen LogP contribution in [0, 0.1) is 0 Å². The maximum Gasteiger partial charge on any atom is 0.227 e. The van der Waals surface area contributed by atoms with E-state index in [4.69, 9.17) is 5.73 Å². The number of hydrogen-bond donors (Lipinski definition) is 2. The second-order valence-electron chi connectivity index (χ2n) is 5.32. The molecule has 2 rings (SSSR count). The Labute approximate surface area is 143 Å². The summed E-state index contributed by atoms with van der Waals surface area (Å²) in [5.41, 5.74) is 7.80. The minimum Gasteiger partial charge on any atom is -0.370 e. The lowest BCUT2D eigenvalue weighted by Gasteiger charge is -2.15. The Morgan fingerprint density at radius 1 is 1.38 bits per heavy atom. The molecule has 3 N–H and O–H groups in total. The molecule has 0 bridgehead atoms. The van der Waals surface area contributed by atoms with E-state index in [2.05, 4.69) is 10.3 Å². The zero-order valence-electron chi connectivity index (χ0n) is 12.5. The molecule has 1 saturated heterocycles. The average molecular weight is 402 g/mol. The maximum atomic E-state index is 11.7. The molecule has 1 aliphatic heterocycles. The third-order valence-corrected chi connectivity index (χ3v) is 3.19. The lowest BCUT2D eigenvalue weighted by Crippen LogP contribution is -2.36. The number of halogens is 1. The molecule has 1 aromatic rings. The van der Waals surface area contributed by atoms with Gasteiger partial charge in [-0.05, 0) is 38.0 Å². The number of carbonyl (C=O) groups is 1. The van der Waals surface area contributed by atoms with Crippen LogP contribution in [0.3, 0.4) is 0 Å². The summed E-state index contributed by atoms with van der Waals surface area (Å²) in [4.78, 5) is 17.8. The van der Waals surface area contributed by atoms with Gasteiger partial charge in [0.15, 0.2) is 5.96 Å². The summed E-state index contributed by atoms with van der Waals surface area (Å²) in [5, 5.41) is 3.05. The fourth-order valence-electron chi connectivity index (χ4n) is 2.22. The zero-order chi connectivity index (χ0) is 14.5. The van der Waals surface area contributed by atoms with E-state index in [0.29, 0.717) is 18.9 Å². The number of nitrogens with zero attached hydrogens (tertiary/aromatic N) is 2. The second kappa shape index (κ2) is 8.21. The van der Waals surface area contributed by atoms with E-state index in [1.54, 1.807) is 0 Å². The Kier molecular flexibility index (Phi) is 6.94. The van der Waals surface area contributed by atoms with Crippen molar-refractivity contribution in [2.75, 3.05) is 11.4 Å². The molecule has 1 aliphatic rings. The molecule has 6 heteroatoms. The molecule has 5 nitrogen and oxygen atoms in total. The molecule has 1 heterocycles. The lowest BCUT2D eigenvalue weighted by molar-refractivity contribution is -0.117. The van der Waals surface area contributed by atoms with Crippen LogP contribution in [0.4, 0.5) is 5.69 Å². The highest BCUT2D eigenvalue weighted by Gasteiger charge is 2.21. The van der Waals surface area contributed by atoms with Gasteiger partial charge in [-0.3, -0.25) is 4.79 Å². The van der Waals surface area contributed by atoms with Crippen LogP contribution < -0.4 is 16.0 Å². The van der Waals surface area contributed by atoms with E-state index in [-0.39, 0.29) is 35.9 Å². The van der Waals surface area contributed by atoms with Crippen LogP contribution in [0.15, 0.2) is 29.3 Å². The highest BCUT2D eigenvalue weighted by molar-refractivity contribution is 14.0. The molecule has 1 aromatic carbocycles. The van der Waals surface area contributed by atoms with Crippen LogP contribution in [0.1, 0.15) is 32.3 Å². The molecule has 0 unspecified atom stereocenters. The summed E-state index contributed by atoms with van der Waals surface area (Å²) in [6.07, 6.45) is 1.60. The minimum atomic E-state index is 0. The van der Waals surface area contributed by atoms with Crippen molar-refractivity contribution in [3.63, 3.8) is 0 Å². The number of nitrogens with one attached hydrogen (secondary N) is 1. The molecular formula is C15H23IN4O. The van der Waals surface area contributed by atoms with Crippen molar-refractivity contribution in [2.45, 2.75) is 39.3 Å². The quantitative estimate of drug-likeness (QED) is 0.461. The number of rotatable bonds is 4. The molecule has 0 aliphatic carbocycles. The summed E-state index contributed by atoms with van der Waals surface area (Å²) in [7, 11) is 0. The largest absolute Gasteiger partial charge is 0.370 e. The molecule has 0 aromatic heterocycles. The number of nitrogens with two attached hydrogens (primary N) is 1. The number of hydrogen-bond acceptors (Lipinski definition) is 2. The van der Waals surface area contributed by atoms with Crippen molar-refractivity contribution >= 4 is 41.5 Å². The second-order valence-corrected chi connectivity index (χ2v) is 5.32. The van der Waals surface area contributed by atoms with Gasteiger partial charge in [0.2, 0.25) is 5.91 Å². The Hall–Kier alpha value is -1.31. The van der Waals surface area contributed by atoms with Gasteiger partial charge in [-0.25, -0.2) is 4.99 Å². The average Bonchev–Trinajstić information content (AvgIpc) is 2.82. The van der Waals surface area contributed by atoms with Gasteiger partial charge >= 0.3 is 0 Å². The van der Waals surface area contributed by atoms with Gasteiger partial charge < -0.3 is 16.0 Å². The first-order chi connectivity index (χ1) is 9.56. The number of carbonyl (C=O) groups excluding carboxylic acids is 1. The number of amides is 1. The molecule has 21 heavy (non-hydrogen) atoms. The van der Waals surface area contributed by atoms with Crippen LogP contribution >= 0.6 is 24.0 Å². The van der Waals surface area contributed by atoms with Crippen molar-refractivity contribution in [3.05, 3.63) is 29.8 Å². The van der Waals surface area contributed by atoms with Crippen LogP contribution in [0.25, 0.3) is 0 Å². The Bertz CT molecular complexity index is 499. The molecule has 0 atom stereocenters. The summed E-state index contributed by atoms with van der Waals surface area (Å²) >= 11 is 0. The minimum absolute atomic E-state index is 0. The van der Waals surface area contributed by atoms with E-state index < -0.39 is 0 Å². The summed E-state index contributed by atoms with van der Waals surface area (Å²) < 4.78 is 0. The van der Waals surface area contributed by atoms with Gasteiger partial charge in [-0.2, -0.15) is 0 Å². The standard InChI is InChI=1S/C15H22N4O.HI/c1-11(2)18-15(16)17-10-12-5-7-13(8-6-12)19-9-3-4-14(19)20;/h5-8,11H,3-4,9-10H2,1-2H3,(H3,16,17,18);1H. The van der Waals surface area contributed by atoms with Gasteiger partial charge in [0.1, 0.15) is 0 Å². The Morgan fingerprint density at radius 3 is 2.57 bits per heavy atom.